The Labute approximate surface area is 193 Å². The molecule has 3 unspecified atom stereocenters. The molecule has 3 atom stereocenters. The lowest BCUT2D eigenvalue weighted by atomic mass is 9.43. The molecular formula is C25H38F6O2. The third-order valence-electron chi connectivity index (χ3n) is 9.19. The van der Waals surface area contributed by atoms with Gasteiger partial charge in [-0.3, -0.25) is 0 Å². The van der Waals surface area contributed by atoms with Crippen molar-refractivity contribution in [2.45, 2.75) is 121 Å². The maximum absolute atomic E-state index is 14.8. The highest BCUT2D eigenvalue weighted by atomic mass is 19.4. The van der Waals surface area contributed by atoms with Crippen molar-refractivity contribution in [1.29, 1.82) is 0 Å². The van der Waals surface area contributed by atoms with Gasteiger partial charge in [0.15, 0.2) is 0 Å². The van der Waals surface area contributed by atoms with Gasteiger partial charge < -0.3 is 9.47 Å². The highest BCUT2D eigenvalue weighted by Gasteiger charge is 2.83. The minimum absolute atomic E-state index is 0.0889. The minimum atomic E-state index is -5.55. The Morgan fingerprint density at radius 1 is 0.818 bits per heavy atom. The van der Waals surface area contributed by atoms with Gasteiger partial charge in [0, 0.05) is 5.41 Å². The average Bonchev–Trinajstić information content (AvgIpc) is 2.65. The summed E-state index contributed by atoms with van der Waals surface area (Å²) in [4.78, 5) is 0. The fourth-order valence-electron chi connectivity index (χ4n) is 7.93. The van der Waals surface area contributed by atoms with Crippen LogP contribution in [0.1, 0.15) is 91.4 Å². The second-order valence-corrected chi connectivity index (χ2v) is 12.0. The van der Waals surface area contributed by atoms with E-state index in [1.165, 1.54) is 0 Å². The lowest BCUT2D eigenvalue weighted by molar-refractivity contribution is -0.436. The molecule has 192 valence electrons. The molecule has 0 aliphatic heterocycles. The van der Waals surface area contributed by atoms with Gasteiger partial charge in [-0.2, -0.15) is 26.3 Å². The third kappa shape index (κ3) is 4.34. The van der Waals surface area contributed by atoms with Crippen LogP contribution in [0, 0.1) is 29.1 Å². The Kier molecular flexibility index (Phi) is 6.64. The number of hydrogen-bond acceptors (Lipinski definition) is 2. The lowest BCUT2D eigenvalue weighted by Crippen LogP contribution is -2.74. The first kappa shape index (κ1) is 25.6. The number of rotatable bonds is 7. The normalized spacial score (nSPS) is 36.5. The smallest absolute Gasteiger partial charge is 0.372 e. The summed E-state index contributed by atoms with van der Waals surface area (Å²) in [5.41, 5.74) is -7.10. The summed E-state index contributed by atoms with van der Waals surface area (Å²) in [7, 11) is 0. The Bertz CT molecular complexity index is 666. The van der Waals surface area contributed by atoms with E-state index < -0.39 is 35.6 Å². The van der Waals surface area contributed by atoms with Crippen LogP contribution in [0.15, 0.2) is 0 Å². The van der Waals surface area contributed by atoms with Gasteiger partial charge in [-0.15, -0.1) is 0 Å². The van der Waals surface area contributed by atoms with Crippen LogP contribution in [0.3, 0.4) is 0 Å². The summed E-state index contributed by atoms with van der Waals surface area (Å²) in [6.45, 7) is 5.32. The molecule has 2 nitrogen and oxygen atoms in total. The predicted octanol–water partition coefficient (Wildman–Crippen LogP) is 7.85. The fourth-order valence-corrected chi connectivity index (χ4v) is 7.93. The number of ether oxygens (including phenoxy) is 2. The number of alkyl halides is 6. The second kappa shape index (κ2) is 8.56. The molecule has 5 rings (SSSR count). The summed E-state index contributed by atoms with van der Waals surface area (Å²) in [6.07, 6.45) is -6.04. The average molecular weight is 485 g/mol. The molecule has 0 aromatic rings. The summed E-state index contributed by atoms with van der Waals surface area (Å²) in [5, 5.41) is 0. The highest BCUT2D eigenvalue weighted by Crippen LogP contribution is 2.72. The molecule has 4 bridgehead atoms. The van der Waals surface area contributed by atoms with Gasteiger partial charge >= 0.3 is 12.4 Å². The van der Waals surface area contributed by atoms with Crippen LogP contribution in [0.25, 0.3) is 0 Å². The maximum atomic E-state index is 14.8. The molecule has 0 aromatic carbocycles. The van der Waals surface area contributed by atoms with Gasteiger partial charge in [0.25, 0.3) is 5.60 Å². The van der Waals surface area contributed by atoms with E-state index in [1.807, 2.05) is 20.8 Å². The zero-order valence-corrected chi connectivity index (χ0v) is 20.0. The first-order valence-electron chi connectivity index (χ1n) is 12.7. The van der Waals surface area contributed by atoms with Crippen molar-refractivity contribution in [2.24, 2.45) is 29.1 Å². The van der Waals surface area contributed by atoms with E-state index in [9.17, 15) is 26.3 Å². The van der Waals surface area contributed by atoms with Crippen LogP contribution in [0.5, 0.6) is 0 Å². The van der Waals surface area contributed by atoms with Crippen LogP contribution in [-0.2, 0) is 9.47 Å². The van der Waals surface area contributed by atoms with E-state index in [1.54, 1.807) is 0 Å². The summed E-state index contributed by atoms with van der Waals surface area (Å²) >= 11 is 0. The molecule has 0 N–H and O–H groups in total. The molecule has 8 heteroatoms. The first-order valence-corrected chi connectivity index (χ1v) is 12.7. The topological polar surface area (TPSA) is 18.5 Å². The largest absolute Gasteiger partial charge is 0.427 e. The van der Waals surface area contributed by atoms with Crippen LogP contribution < -0.4 is 0 Å². The Morgan fingerprint density at radius 2 is 1.36 bits per heavy atom. The van der Waals surface area contributed by atoms with E-state index in [0.29, 0.717) is 32.1 Å². The van der Waals surface area contributed by atoms with Crippen molar-refractivity contribution in [1.82, 2.24) is 0 Å². The lowest BCUT2D eigenvalue weighted by Gasteiger charge is -2.66. The molecule has 5 aliphatic carbocycles. The van der Waals surface area contributed by atoms with Crippen molar-refractivity contribution in [3.05, 3.63) is 0 Å². The fraction of sp³-hybridized carbons (Fsp3) is 1.00. The van der Waals surface area contributed by atoms with E-state index in [0.717, 1.165) is 19.3 Å². The van der Waals surface area contributed by atoms with Gasteiger partial charge in [0.05, 0.1) is 18.3 Å². The quantitative estimate of drug-likeness (QED) is 0.343. The molecule has 0 saturated heterocycles. The van der Waals surface area contributed by atoms with Crippen molar-refractivity contribution >= 4 is 0 Å². The first-order chi connectivity index (χ1) is 15.2. The summed E-state index contributed by atoms with van der Waals surface area (Å²) in [6, 6.07) is 0. The second-order valence-electron chi connectivity index (χ2n) is 12.0. The molecular weight excluding hydrogens is 446 g/mol. The third-order valence-corrected chi connectivity index (χ3v) is 9.19. The number of halogens is 6. The van der Waals surface area contributed by atoms with Crippen LogP contribution in [0.4, 0.5) is 26.3 Å². The van der Waals surface area contributed by atoms with Gasteiger partial charge in [-0.1, -0.05) is 33.1 Å². The van der Waals surface area contributed by atoms with Crippen molar-refractivity contribution in [3.63, 3.8) is 0 Å². The maximum Gasteiger partial charge on any atom is 0.427 e. The summed E-state index contributed by atoms with van der Waals surface area (Å²) < 4.78 is 100. The SMILES string of the molecule is CC(C)C(C)OC12CC3CC(C1)CC(C(OCC1CCCCC1)(C(F)(F)F)C(F)(F)F)(C3)C2. The van der Waals surface area contributed by atoms with Gasteiger partial charge in [-0.05, 0) is 82.0 Å². The molecule has 0 spiro atoms. The van der Waals surface area contributed by atoms with Crippen molar-refractivity contribution in [2.75, 3.05) is 6.61 Å². The molecule has 5 aliphatic rings. The standard InChI is InChI=1S/C25H38F6O2/c1-16(2)17(3)33-22-12-19-9-20(13-22)11-21(10-19,15-22)23(24(26,27)28,25(29,30)31)32-14-18-7-5-4-6-8-18/h16-20H,4-15H2,1-3H3. The molecule has 0 radical (unpaired) electrons. The minimum Gasteiger partial charge on any atom is -0.372 e. The number of hydrogen-bond donors (Lipinski definition) is 0. The monoisotopic (exact) mass is 484 g/mol. The predicted molar refractivity (Wildman–Crippen MR) is 113 cm³/mol. The highest BCUT2D eigenvalue weighted by molar-refractivity contribution is 5.20. The van der Waals surface area contributed by atoms with E-state index in [-0.39, 0.29) is 49.0 Å². The van der Waals surface area contributed by atoms with Crippen LogP contribution in [0.2, 0.25) is 0 Å². The molecule has 0 heterocycles. The van der Waals surface area contributed by atoms with E-state index >= 15 is 0 Å². The Hall–Kier alpha value is -0.500. The van der Waals surface area contributed by atoms with Crippen LogP contribution in [-0.4, -0.2) is 36.3 Å². The molecule has 0 amide bonds. The van der Waals surface area contributed by atoms with Crippen molar-refractivity contribution in [3.8, 4) is 0 Å². The van der Waals surface area contributed by atoms with Gasteiger partial charge in [0.1, 0.15) is 0 Å². The Balaban J connectivity index is 1.74. The van der Waals surface area contributed by atoms with E-state index in [4.69, 9.17) is 9.47 Å². The van der Waals surface area contributed by atoms with Gasteiger partial charge in [0.2, 0.25) is 0 Å². The molecule has 5 fully saturated rings. The zero-order valence-electron chi connectivity index (χ0n) is 20.0. The Morgan fingerprint density at radius 3 is 1.85 bits per heavy atom. The molecule has 5 saturated carbocycles. The van der Waals surface area contributed by atoms with Crippen molar-refractivity contribution < 1.29 is 35.8 Å². The summed E-state index contributed by atoms with van der Waals surface area (Å²) in [5.74, 6) is -0.490. The van der Waals surface area contributed by atoms with Crippen LogP contribution >= 0.6 is 0 Å². The molecule has 33 heavy (non-hydrogen) atoms. The van der Waals surface area contributed by atoms with E-state index in [2.05, 4.69) is 0 Å². The van der Waals surface area contributed by atoms with Gasteiger partial charge in [-0.25, -0.2) is 0 Å². The zero-order chi connectivity index (χ0) is 24.3. The molecule has 0 aromatic heterocycles.